The van der Waals surface area contributed by atoms with Crippen molar-refractivity contribution in [2.45, 2.75) is 32.8 Å². The standard InChI is InChI=1S/C21H24N4O3/c1-21(2,3)28-20(27)23-15-8-6-7-14(13-15)19(26)22-12-11-18-24-16-9-4-5-10-17(16)25-18/h4-10,13H,11-12H2,1-3H3,(H,22,26)(H,23,27)(H,24,25). The fourth-order valence-electron chi connectivity index (χ4n) is 2.68. The highest BCUT2D eigenvalue weighted by Gasteiger charge is 2.16. The molecule has 2 amide bonds. The maximum Gasteiger partial charge on any atom is 0.412 e. The number of ether oxygens (including phenoxy) is 1. The van der Waals surface area contributed by atoms with Crippen LogP contribution in [0.15, 0.2) is 48.5 Å². The molecule has 0 radical (unpaired) electrons. The van der Waals surface area contributed by atoms with Crippen LogP contribution in [0.25, 0.3) is 11.0 Å². The molecule has 7 nitrogen and oxygen atoms in total. The average molecular weight is 380 g/mol. The topological polar surface area (TPSA) is 96.1 Å². The number of carbonyl (C=O) groups is 2. The summed E-state index contributed by atoms with van der Waals surface area (Å²) in [5.74, 6) is 0.603. The van der Waals surface area contributed by atoms with Gasteiger partial charge in [-0.25, -0.2) is 9.78 Å². The molecule has 146 valence electrons. The predicted molar refractivity (Wildman–Crippen MR) is 108 cm³/mol. The Balaban J connectivity index is 1.54. The van der Waals surface area contributed by atoms with Gasteiger partial charge in [-0.05, 0) is 51.1 Å². The van der Waals surface area contributed by atoms with Crippen molar-refractivity contribution in [1.29, 1.82) is 0 Å². The number of para-hydroxylation sites is 2. The molecule has 0 saturated carbocycles. The minimum atomic E-state index is -0.588. The maximum absolute atomic E-state index is 12.4. The molecule has 0 unspecified atom stereocenters. The number of imidazole rings is 1. The van der Waals surface area contributed by atoms with E-state index in [1.54, 1.807) is 45.0 Å². The third kappa shape index (κ3) is 5.33. The van der Waals surface area contributed by atoms with Crippen LogP contribution in [0.3, 0.4) is 0 Å². The summed E-state index contributed by atoms with van der Waals surface area (Å²) >= 11 is 0. The van der Waals surface area contributed by atoms with Crippen LogP contribution in [-0.2, 0) is 11.2 Å². The highest BCUT2D eigenvalue weighted by Crippen LogP contribution is 2.14. The van der Waals surface area contributed by atoms with Crippen LogP contribution < -0.4 is 10.6 Å². The maximum atomic E-state index is 12.4. The summed E-state index contributed by atoms with van der Waals surface area (Å²) in [6.45, 7) is 5.82. The molecule has 0 spiro atoms. The van der Waals surface area contributed by atoms with Gasteiger partial charge in [0.15, 0.2) is 0 Å². The van der Waals surface area contributed by atoms with Gasteiger partial charge < -0.3 is 15.0 Å². The van der Waals surface area contributed by atoms with E-state index in [0.717, 1.165) is 16.9 Å². The Hall–Kier alpha value is -3.35. The van der Waals surface area contributed by atoms with Crippen LogP contribution in [0.5, 0.6) is 0 Å². The molecule has 7 heteroatoms. The first-order valence-corrected chi connectivity index (χ1v) is 9.12. The molecule has 3 aromatic rings. The number of amides is 2. The van der Waals surface area contributed by atoms with Gasteiger partial charge in [0.05, 0.1) is 11.0 Å². The first-order chi connectivity index (χ1) is 13.3. The lowest BCUT2D eigenvalue weighted by Gasteiger charge is -2.19. The number of hydrogen-bond acceptors (Lipinski definition) is 4. The molecule has 1 aromatic heterocycles. The van der Waals surface area contributed by atoms with E-state index in [4.69, 9.17) is 4.74 Å². The molecule has 2 aromatic carbocycles. The van der Waals surface area contributed by atoms with Crippen molar-refractivity contribution >= 4 is 28.7 Å². The lowest BCUT2D eigenvalue weighted by molar-refractivity contribution is 0.0635. The second-order valence-electron chi connectivity index (χ2n) is 7.41. The lowest BCUT2D eigenvalue weighted by atomic mass is 10.2. The summed E-state index contributed by atoms with van der Waals surface area (Å²) in [5.41, 5.74) is 2.25. The largest absolute Gasteiger partial charge is 0.444 e. The van der Waals surface area contributed by atoms with Crippen LogP contribution in [0.4, 0.5) is 10.5 Å². The van der Waals surface area contributed by atoms with Gasteiger partial charge in [0.25, 0.3) is 5.91 Å². The molecule has 3 N–H and O–H groups in total. The Morgan fingerprint density at radius 3 is 2.64 bits per heavy atom. The monoisotopic (exact) mass is 380 g/mol. The van der Waals surface area contributed by atoms with Gasteiger partial charge in [0.1, 0.15) is 11.4 Å². The molecule has 0 saturated heterocycles. The van der Waals surface area contributed by atoms with Crippen LogP contribution in [0.2, 0.25) is 0 Å². The average Bonchev–Trinajstić information content (AvgIpc) is 3.03. The Morgan fingerprint density at radius 1 is 1.11 bits per heavy atom. The summed E-state index contributed by atoms with van der Waals surface area (Å²) in [6, 6.07) is 14.5. The van der Waals surface area contributed by atoms with Crippen molar-refractivity contribution in [3.63, 3.8) is 0 Å². The minimum absolute atomic E-state index is 0.219. The van der Waals surface area contributed by atoms with E-state index in [-0.39, 0.29) is 5.91 Å². The zero-order chi connectivity index (χ0) is 20.1. The number of fused-ring (bicyclic) bond motifs is 1. The van der Waals surface area contributed by atoms with Crippen molar-refractivity contribution in [2.75, 3.05) is 11.9 Å². The number of H-pyrrole nitrogens is 1. The summed E-state index contributed by atoms with van der Waals surface area (Å²) < 4.78 is 5.22. The zero-order valence-electron chi connectivity index (χ0n) is 16.2. The fourth-order valence-corrected chi connectivity index (χ4v) is 2.68. The number of hydrogen-bond donors (Lipinski definition) is 3. The van der Waals surface area contributed by atoms with Crippen LogP contribution in [0.1, 0.15) is 37.0 Å². The SMILES string of the molecule is CC(C)(C)OC(=O)Nc1cccc(C(=O)NCCc2nc3ccccc3[nH]2)c1. The molecule has 0 atom stereocenters. The second-order valence-corrected chi connectivity index (χ2v) is 7.41. The Bertz CT molecular complexity index is 955. The van der Waals surface area contributed by atoms with Crippen molar-refractivity contribution < 1.29 is 14.3 Å². The minimum Gasteiger partial charge on any atom is -0.444 e. The molecular weight excluding hydrogens is 356 g/mol. The smallest absolute Gasteiger partial charge is 0.412 e. The number of rotatable bonds is 5. The van der Waals surface area contributed by atoms with E-state index < -0.39 is 11.7 Å². The molecule has 28 heavy (non-hydrogen) atoms. The first-order valence-electron chi connectivity index (χ1n) is 9.12. The van der Waals surface area contributed by atoms with Crippen molar-refractivity contribution in [1.82, 2.24) is 15.3 Å². The summed E-state index contributed by atoms with van der Waals surface area (Å²) in [5, 5.41) is 5.50. The van der Waals surface area contributed by atoms with Gasteiger partial charge in [-0.2, -0.15) is 0 Å². The van der Waals surface area contributed by atoms with E-state index >= 15 is 0 Å². The first kappa shape index (κ1) is 19.4. The Morgan fingerprint density at radius 2 is 1.89 bits per heavy atom. The van der Waals surface area contributed by atoms with Gasteiger partial charge in [0.2, 0.25) is 0 Å². The molecule has 0 bridgehead atoms. The second kappa shape index (κ2) is 8.12. The number of aromatic amines is 1. The molecule has 0 fully saturated rings. The number of benzene rings is 2. The molecule has 3 rings (SSSR count). The molecular formula is C21H24N4O3. The van der Waals surface area contributed by atoms with Gasteiger partial charge in [-0.15, -0.1) is 0 Å². The van der Waals surface area contributed by atoms with E-state index in [1.807, 2.05) is 24.3 Å². The number of nitrogens with zero attached hydrogens (tertiary/aromatic N) is 1. The quantitative estimate of drug-likeness (QED) is 0.626. The number of carbonyl (C=O) groups excluding carboxylic acids is 2. The Labute approximate surface area is 163 Å². The normalized spacial score (nSPS) is 11.2. The van der Waals surface area contributed by atoms with Gasteiger partial charge >= 0.3 is 6.09 Å². The number of nitrogens with one attached hydrogen (secondary N) is 3. The van der Waals surface area contributed by atoms with E-state index in [1.165, 1.54) is 0 Å². The third-order valence-electron chi connectivity index (χ3n) is 3.86. The third-order valence-corrected chi connectivity index (χ3v) is 3.86. The number of anilines is 1. The van der Waals surface area contributed by atoms with Gasteiger partial charge in [-0.3, -0.25) is 10.1 Å². The number of aromatic nitrogens is 2. The van der Waals surface area contributed by atoms with Crippen LogP contribution >= 0.6 is 0 Å². The molecule has 0 aliphatic rings. The fraction of sp³-hybridized carbons (Fsp3) is 0.286. The summed E-state index contributed by atoms with van der Waals surface area (Å²) in [4.78, 5) is 32.0. The molecule has 0 aliphatic heterocycles. The van der Waals surface area contributed by atoms with Crippen molar-refractivity contribution in [2.24, 2.45) is 0 Å². The summed E-state index contributed by atoms with van der Waals surface area (Å²) in [7, 11) is 0. The van der Waals surface area contributed by atoms with E-state index in [2.05, 4.69) is 20.6 Å². The highest BCUT2D eigenvalue weighted by atomic mass is 16.6. The van der Waals surface area contributed by atoms with Crippen LogP contribution in [0, 0.1) is 0 Å². The zero-order valence-corrected chi connectivity index (χ0v) is 16.2. The van der Waals surface area contributed by atoms with Gasteiger partial charge in [-0.1, -0.05) is 18.2 Å². The lowest BCUT2D eigenvalue weighted by Crippen LogP contribution is -2.28. The van der Waals surface area contributed by atoms with E-state index in [0.29, 0.717) is 24.2 Å². The van der Waals surface area contributed by atoms with Gasteiger partial charge in [0, 0.05) is 24.2 Å². The molecule has 0 aliphatic carbocycles. The van der Waals surface area contributed by atoms with E-state index in [9.17, 15) is 9.59 Å². The Kier molecular flexibility index (Phi) is 5.63. The van der Waals surface area contributed by atoms with Crippen LogP contribution in [-0.4, -0.2) is 34.1 Å². The van der Waals surface area contributed by atoms with Crippen molar-refractivity contribution in [3.8, 4) is 0 Å². The molecule has 1 heterocycles. The summed E-state index contributed by atoms with van der Waals surface area (Å²) in [6.07, 6.45) is 0.0333. The predicted octanol–water partition coefficient (Wildman–Crippen LogP) is 3.88. The highest BCUT2D eigenvalue weighted by molar-refractivity contribution is 5.96. The van der Waals surface area contributed by atoms with Crippen molar-refractivity contribution in [3.05, 3.63) is 59.9 Å².